The molecule has 0 aliphatic heterocycles. The van der Waals surface area contributed by atoms with Crippen LogP contribution in [0, 0.1) is 0 Å². The Morgan fingerprint density at radius 3 is 2.38 bits per heavy atom. The van der Waals surface area contributed by atoms with E-state index < -0.39 is 0 Å². The highest BCUT2D eigenvalue weighted by Gasteiger charge is 2.17. The van der Waals surface area contributed by atoms with Crippen molar-refractivity contribution < 1.29 is 4.79 Å². The number of hydrogen-bond donors (Lipinski definition) is 2. The fraction of sp³-hybridized carbons (Fsp3) is 0.900. The topological polar surface area (TPSA) is 60.0 Å². The quantitative estimate of drug-likeness (QED) is 0.335. The van der Waals surface area contributed by atoms with Crippen LogP contribution in [-0.4, -0.2) is 74.0 Å². The Morgan fingerprint density at radius 1 is 1.08 bits per heavy atom. The van der Waals surface area contributed by atoms with Gasteiger partial charge in [0.15, 0.2) is 5.96 Å². The predicted octanol–water partition coefficient (Wildman–Crippen LogP) is 2.45. The van der Waals surface area contributed by atoms with E-state index in [2.05, 4.69) is 34.5 Å². The summed E-state index contributed by atoms with van der Waals surface area (Å²) in [6.07, 6.45) is 8.46. The van der Waals surface area contributed by atoms with Gasteiger partial charge in [-0.25, -0.2) is 0 Å². The fourth-order valence-electron chi connectivity index (χ4n) is 3.58. The molecule has 1 fully saturated rings. The maximum Gasteiger partial charge on any atom is 0.224 e. The molecule has 1 amide bonds. The van der Waals surface area contributed by atoms with Crippen molar-refractivity contribution in [2.45, 2.75) is 71.8 Å². The molecule has 152 valence electrons. The molecule has 2 N–H and O–H groups in total. The lowest BCUT2D eigenvalue weighted by Gasteiger charge is -2.31. The molecular formula is C20H41N5O. The van der Waals surface area contributed by atoms with Crippen molar-refractivity contribution in [2.24, 2.45) is 4.99 Å². The number of nitrogens with one attached hydrogen (secondary N) is 2. The second kappa shape index (κ2) is 13.8. The van der Waals surface area contributed by atoms with Crippen LogP contribution in [0.5, 0.6) is 0 Å². The Hall–Kier alpha value is -1.30. The predicted molar refractivity (Wildman–Crippen MR) is 111 cm³/mol. The monoisotopic (exact) mass is 367 g/mol. The molecular weight excluding hydrogens is 326 g/mol. The summed E-state index contributed by atoms with van der Waals surface area (Å²) >= 11 is 0. The van der Waals surface area contributed by atoms with Crippen LogP contribution in [0.3, 0.4) is 0 Å². The van der Waals surface area contributed by atoms with Gasteiger partial charge in [0.25, 0.3) is 0 Å². The van der Waals surface area contributed by atoms with Crippen molar-refractivity contribution in [1.82, 2.24) is 20.4 Å². The number of hydrogen-bond acceptors (Lipinski definition) is 3. The molecule has 0 aromatic carbocycles. The van der Waals surface area contributed by atoms with Gasteiger partial charge in [-0.1, -0.05) is 19.3 Å². The first kappa shape index (κ1) is 22.7. The molecule has 26 heavy (non-hydrogen) atoms. The zero-order valence-corrected chi connectivity index (χ0v) is 17.5. The van der Waals surface area contributed by atoms with Crippen LogP contribution in [0.25, 0.3) is 0 Å². The van der Waals surface area contributed by atoms with Gasteiger partial charge in [0.05, 0.1) is 0 Å². The van der Waals surface area contributed by atoms with Gasteiger partial charge in [-0.05, 0) is 53.6 Å². The molecule has 0 spiro atoms. The molecule has 0 heterocycles. The lowest BCUT2D eigenvalue weighted by atomic mass is 9.94. The third kappa shape index (κ3) is 8.88. The Labute approximate surface area is 160 Å². The first-order valence-corrected chi connectivity index (χ1v) is 10.6. The minimum atomic E-state index is 0.201. The summed E-state index contributed by atoms with van der Waals surface area (Å²) < 4.78 is 0. The third-order valence-corrected chi connectivity index (χ3v) is 5.23. The van der Waals surface area contributed by atoms with E-state index in [1.807, 2.05) is 18.7 Å². The molecule has 0 bridgehead atoms. The Bertz CT molecular complexity index is 403. The molecule has 0 aromatic rings. The highest BCUT2D eigenvalue weighted by Crippen LogP contribution is 2.21. The highest BCUT2D eigenvalue weighted by molar-refractivity contribution is 5.81. The van der Waals surface area contributed by atoms with Crippen LogP contribution in [0.4, 0.5) is 0 Å². The van der Waals surface area contributed by atoms with Crippen molar-refractivity contribution in [3.63, 3.8) is 0 Å². The maximum atomic E-state index is 12.1. The number of amides is 1. The van der Waals surface area contributed by atoms with Gasteiger partial charge in [-0.3, -0.25) is 9.79 Å². The summed E-state index contributed by atoms with van der Waals surface area (Å²) in [5.41, 5.74) is 0. The van der Waals surface area contributed by atoms with Crippen LogP contribution in [0.2, 0.25) is 0 Å². The van der Waals surface area contributed by atoms with Gasteiger partial charge in [0.2, 0.25) is 5.91 Å². The zero-order chi connectivity index (χ0) is 19.2. The number of nitrogens with zero attached hydrogens (tertiary/aromatic N) is 3. The Kier molecular flexibility index (Phi) is 12.1. The summed E-state index contributed by atoms with van der Waals surface area (Å²) in [5, 5.41) is 6.55. The van der Waals surface area contributed by atoms with E-state index >= 15 is 0 Å². The standard InChI is InChI=1S/C20H41N5O/c1-5-21-20(23-16-14-19(26)25(6-2)7-3)22-15-11-17-24(4)18-12-9-8-10-13-18/h18H,5-17H2,1-4H3,(H2,21,22,23). The SMILES string of the molecule is CCNC(=NCCCN(C)C1CCCCC1)NCCC(=O)N(CC)CC. The number of carbonyl (C=O) groups is 1. The molecule has 0 aromatic heterocycles. The van der Waals surface area contributed by atoms with Crippen LogP contribution >= 0.6 is 0 Å². The molecule has 0 radical (unpaired) electrons. The fourth-order valence-corrected chi connectivity index (χ4v) is 3.58. The van der Waals surface area contributed by atoms with E-state index in [0.717, 1.165) is 51.1 Å². The molecule has 6 nitrogen and oxygen atoms in total. The van der Waals surface area contributed by atoms with Crippen molar-refractivity contribution in [1.29, 1.82) is 0 Å². The molecule has 0 unspecified atom stereocenters. The minimum Gasteiger partial charge on any atom is -0.357 e. The third-order valence-electron chi connectivity index (χ3n) is 5.23. The zero-order valence-electron chi connectivity index (χ0n) is 17.5. The smallest absolute Gasteiger partial charge is 0.224 e. The maximum absolute atomic E-state index is 12.1. The number of guanidine groups is 1. The first-order chi connectivity index (χ1) is 12.6. The van der Waals surface area contributed by atoms with E-state index in [0.29, 0.717) is 13.0 Å². The average molecular weight is 368 g/mol. The summed E-state index contributed by atoms with van der Waals surface area (Å²) in [4.78, 5) is 21.1. The summed E-state index contributed by atoms with van der Waals surface area (Å²) in [5.74, 6) is 1.02. The molecule has 0 atom stereocenters. The molecule has 1 aliphatic rings. The highest BCUT2D eigenvalue weighted by atomic mass is 16.2. The van der Waals surface area contributed by atoms with E-state index in [9.17, 15) is 4.79 Å². The van der Waals surface area contributed by atoms with E-state index in [1.165, 1.54) is 32.1 Å². The van der Waals surface area contributed by atoms with Crippen molar-refractivity contribution in [3.8, 4) is 0 Å². The Morgan fingerprint density at radius 2 is 1.77 bits per heavy atom. The van der Waals surface area contributed by atoms with Crippen LogP contribution < -0.4 is 10.6 Å². The van der Waals surface area contributed by atoms with Crippen molar-refractivity contribution in [2.75, 3.05) is 46.3 Å². The van der Waals surface area contributed by atoms with Gasteiger partial charge >= 0.3 is 0 Å². The van der Waals surface area contributed by atoms with E-state index in [4.69, 9.17) is 0 Å². The molecule has 6 heteroatoms. The molecule has 1 saturated carbocycles. The first-order valence-electron chi connectivity index (χ1n) is 10.6. The van der Waals surface area contributed by atoms with Gasteiger partial charge in [0.1, 0.15) is 0 Å². The molecule has 1 aliphatic carbocycles. The Balaban J connectivity index is 2.28. The summed E-state index contributed by atoms with van der Waals surface area (Å²) in [7, 11) is 2.25. The molecule has 1 rings (SSSR count). The average Bonchev–Trinajstić information content (AvgIpc) is 2.66. The largest absolute Gasteiger partial charge is 0.357 e. The number of rotatable bonds is 11. The second-order valence-corrected chi connectivity index (χ2v) is 7.13. The lowest BCUT2D eigenvalue weighted by Crippen LogP contribution is -2.40. The van der Waals surface area contributed by atoms with Gasteiger partial charge < -0.3 is 20.4 Å². The van der Waals surface area contributed by atoms with E-state index in [1.54, 1.807) is 0 Å². The normalized spacial score (nSPS) is 16.0. The van der Waals surface area contributed by atoms with Gasteiger partial charge in [-0.15, -0.1) is 0 Å². The van der Waals surface area contributed by atoms with E-state index in [-0.39, 0.29) is 5.91 Å². The van der Waals surface area contributed by atoms with Gasteiger partial charge in [0, 0.05) is 45.2 Å². The van der Waals surface area contributed by atoms with Crippen molar-refractivity contribution >= 4 is 11.9 Å². The van der Waals surface area contributed by atoms with Gasteiger partial charge in [-0.2, -0.15) is 0 Å². The van der Waals surface area contributed by atoms with Crippen LogP contribution in [0.15, 0.2) is 4.99 Å². The summed E-state index contributed by atoms with van der Waals surface area (Å²) in [6.45, 7) is 11.0. The lowest BCUT2D eigenvalue weighted by molar-refractivity contribution is -0.130. The second-order valence-electron chi connectivity index (χ2n) is 7.13. The summed E-state index contributed by atoms with van der Waals surface area (Å²) in [6, 6.07) is 0.769. The van der Waals surface area contributed by atoms with Crippen LogP contribution in [-0.2, 0) is 4.79 Å². The number of aliphatic imine (C=N–C) groups is 1. The number of carbonyl (C=O) groups excluding carboxylic acids is 1. The minimum absolute atomic E-state index is 0.201. The van der Waals surface area contributed by atoms with Crippen LogP contribution in [0.1, 0.15) is 65.7 Å². The molecule has 0 saturated heterocycles. The van der Waals surface area contributed by atoms with Crippen molar-refractivity contribution in [3.05, 3.63) is 0 Å².